The molecule has 0 spiro atoms. The Hall–Kier alpha value is -1.24. The molecule has 0 aromatic heterocycles. The molecule has 1 heterocycles. The molecule has 1 saturated carbocycles. The summed E-state index contributed by atoms with van der Waals surface area (Å²) in [6, 6.07) is -0.186. The summed E-state index contributed by atoms with van der Waals surface area (Å²) in [5.74, 6) is -3.48. The molecule has 7 heteroatoms. The number of carbonyl (C=O) groups excluding carboxylic acids is 2. The van der Waals surface area contributed by atoms with Crippen molar-refractivity contribution in [3.05, 3.63) is 0 Å². The third kappa shape index (κ3) is 4.53. The van der Waals surface area contributed by atoms with Gasteiger partial charge < -0.3 is 9.80 Å². The minimum absolute atomic E-state index is 0.0229. The molecule has 0 aromatic rings. The first kappa shape index (κ1) is 21.1. The van der Waals surface area contributed by atoms with Crippen molar-refractivity contribution in [2.75, 3.05) is 40.3 Å². The molecular weight excluding hydrogens is 340 g/mol. The van der Waals surface area contributed by atoms with Crippen LogP contribution in [0.25, 0.3) is 0 Å². The van der Waals surface area contributed by atoms with E-state index in [-0.39, 0.29) is 31.3 Å². The lowest BCUT2D eigenvalue weighted by Gasteiger charge is -2.32. The van der Waals surface area contributed by atoms with Crippen LogP contribution in [0, 0.1) is 5.41 Å². The summed E-state index contributed by atoms with van der Waals surface area (Å²) in [5, 5.41) is 0. The number of rotatable bonds is 7. The second-order valence-electron chi connectivity index (χ2n) is 8.08. The molecule has 2 rings (SSSR count). The normalized spacial score (nSPS) is 21.6. The van der Waals surface area contributed by atoms with E-state index in [2.05, 4.69) is 4.90 Å². The fourth-order valence-corrected chi connectivity index (χ4v) is 3.80. The smallest absolute Gasteiger partial charge is 0.259 e. The fourth-order valence-electron chi connectivity index (χ4n) is 3.80. The molecule has 0 N–H and O–H groups in total. The first-order valence-electron chi connectivity index (χ1n) is 9.72. The van der Waals surface area contributed by atoms with Crippen LogP contribution in [-0.4, -0.2) is 78.8 Å². The highest BCUT2D eigenvalue weighted by Crippen LogP contribution is 2.57. The minimum Gasteiger partial charge on any atom is -0.343 e. The van der Waals surface area contributed by atoms with Crippen molar-refractivity contribution >= 4 is 11.8 Å². The van der Waals surface area contributed by atoms with Crippen LogP contribution in [0.3, 0.4) is 0 Å². The molecule has 1 unspecified atom stereocenters. The number of likely N-dealkylation sites (tertiary alicyclic amines) is 1. The van der Waals surface area contributed by atoms with E-state index >= 15 is 0 Å². The second-order valence-corrected chi connectivity index (χ2v) is 8.08. The summed E-state index contributed by atoms with van der Waals surface area (Å²) >= 11 is 0. The van der Waals surface area contributed by atoms with Gasteiger partial charge in [-0.1, -0.05) is 12.8 Å². The van der Waals surface area contributed by atoms with Crippen molar-refractivity contribution in [3.8, 4) is 0 Å². The topological polar surface area (TPSA) is 43.9 Å². The Labute approximate surface area is 155 Å². The van der Waals surface area contributed by atoms with E-state index < -0.39 is 17.2 Å². The number of likely N-dealkylation sites (N-methyl/N-ethyl adjacent to an activating group) is 2. The van der Waals surface area contributed by atoms with E-state index in [1.54, 1.807) is 19.0 Å². The number of alkyl halides is 2. The Bertz CT molecular complexity index is 509. The number of hydrogen-bond donors (Lipinski definition) is 0. The lowest BCUT2D eigenvalue weighted by atomic mass is 9.97. The maximum atomic E-state index is 13.7. The number of hydrogen-bond acceptors (Lipinski definition) is 3. The van der Waals surface area contributed by atoms with Gasteiger partial charge in [0.05, 0.1) is 6.04 Å². The van der Waals surface area contributed by atoms with E-state index in [1.807, 2.05) is 6.92 Å². The van der Waals surface area contributed by atoms with E-state index in [9.17, 15) is 18.4 Å². The second kappa shape index (κ2) is 8.19. The number of amides is 2. The SMILES string of the molecule is CC(C(=O)N(C)CCN(C)C(=O)C1(C(C)(F)F)CC1)N1CCCCCC1. The molecular formula is C19H33F2N3O2. The van der Waals surface area contributed by atoms with Crippen LogP contribution in [0.5, 0.6) is 0 Å². The standard InChI is InChI=1S/C19H33F2N3O2/c1-15(24-11-7-5-6-8-12-24)16(25)22(3)13-14-23(4)17(26)19(9-10-19)18(2,20)21/h15H,5-14H2,1-4H3. The van der Waals surface area contributed by atoms with Crippen LogP contribution in [0.4, 0.5) is 8.78 Å². The van der Waals surface area contributed by atoms with Crippen LogP contribution in [0.1, 0.15) is 52.4 Å². The largest absolute Gasteiger partial charge is 0.343 e. The molecule has 26 heavy (non-hydrogen) atoms. The highest BCUT2D eigenvalue weighted by atomic mass is 19.3. The summed E-state index contributed by atoms with van der Waals surface area (Å²) in [6.45, 7) is 5.25. The molecule has 150 valence electrons. The highest BCUT2D eigenvalue weighted by molar-refractivity contribution is 5.86. The van der Waals surface area contributed by atoms with Gasteiger partial charge in [-0.3, -0.25) is 14.5 Å². The monoisotopic (exact) mass is 373 g/mol. The maximum Gasteiger partial charge on any atom is 0.259 e. The van der Waals surface area contributed by atoms with Gasteiger partial charge in [0, 0.05) is 34.1 Å². The Morgan fingerprint density at radius 1 is 1.04 bits per heavy atom. The maximum absolute atomic E-state index is 13.7. The van der Waals surface area contributed by atoms with Crippen molar-refractivity contribution in [2.24, 2.45) is 5.41 Å². The number of halogens is 2. The lowest BCUT2D eigenvalue weighted by molar-refractivity contribution is -0.152. The summed E-state index contributed by atoms with van der Waals surface area (Å²) in [4.78, 5) is 30.3. The molecule has 2 amide bonds. The van der Waals surface area contributed by atoms with Crippen LogP contribution in [0.15, 0.2) is 0 Å². The zero-order valence-electron chi connectivity index (χ0n) is 16.6. The Balaban J connectivity index is 1.84. The van der Waals surface area contributed by atoms with E-state index in [0.717, 1.165) is 32.9 Å². The molecule has 1 saturated heterocycles. The first-order valence-corrected chi connectivity index (χ1v) is 9.72. The molecule has 1 aliphatic carbocycles. The third-order valence-electron chi connectivity index (χ3n) is 6.04. The Morgan fingerprint density at radius 2 is 1.54 bits per heavy atom. The number of nitrogens with zero attached hydrogens (tertiary/aromatic N) is 3. The highest BCUT2D eigenvalue weighted by Gasteiger charge is 2.65. The van der Waals surface area contributed by atoms with E-state index in [1.165, 1.54) is 17.7 Å². The predicted molar refractivity (Wildman–Crippen MR) is 97.1 cm³/mol. The van der Waals surface area contributed by atoms with Crippen LogP contribution in [-0.2, 0) is 9.59 Å². The van der Waals surface area contributed by atoms with Gasteiger partial charge in [-0.05, 0) is 45.7 Å². The van der Waals surface area contributed by atoms with Crippen molar-refractivity contribution in [3.63, 3.8) is 0 Å². The van der Waals surface area contributed by atoms with Gasteiger partial charge in [0.15, 0.2) is 0 Å². The van der Waals surface area contributed by atoms with Crippen LogP contribution >= 0.6 is 0 Å². The minimum atomic E-state index is -3.00. The van der Waals surface area contributed by atoms with Gasteiger partial charge in [-0.25, -0.2) is 8.78 Å². The number of carbonyl (C=O) groups is 2. The quantitative estimate of drug-likeness (QED) is 0.689. The third-order valence-corrected chi connectivity index (χ3v) is 6.04. The first-order chi connectivity index (χ1) is 12.1. The molecule has 5 nitrogen and oxygen atoms in total. The predicted octanol–water partition coefficient (Wildman–Crippen LogP) is 2.60. The summed E-state index contributed by atoms with van der Waals surface area (Å²) < 4.78 is 27.5. The van der Waals surface area contributed by atoms with Gasteiger partial charge in [-0.2, -0.15) is 0 Å². The molecule has 0 radical (unpaired) electrons. The lowest BCUT2D eigenvalue weighted by Crippen LogP contribution is -2.49. The average Bonchev–Trinajstić information content (AvgIpc) is 3.41. The molecule has 0 aromatic carbocycles. The fraction of sp³-hybridized carbons (Fsp3) is 0.895. The molecule has 1 atom stereocenters. The summed E-state index contributed by atoms with van der Waals surface area (Å²) in [5.41, 5.74) is -1.52. The zero-order valence-corrected chi connectivity index (χ0v) is 16.6. The van der Waals surface area contributed by atoms with E-state index in [0.29, 0.717) is 6.54 Å². The van der Waals surface area contributed by atoms with Crippen LogP contribution in [0.2, 0.25) is 0 Å². The van der Waals surface area contributed by atoms with Gasteiger partial charge in [0.2, 0.25) is 11.8 Å². The molecule has 1 aliphatic heterocycles. The zero-order chi connectivity index (χ0) is 19.5. The van der Waals surface area contributed by atoms with Crippen molar-refractivity contribution in [1.29, 1.82) is 0 Å². The van der Waals surface area contributed by atoms with Gasteiger partial charge in [0.25, 0.3) is 5.92 Å². The Morgan fingerprint density at radius 3 is 2.00 bits per heavy atom. The molecule has 2 aliphatic rings. The molecule has 2 fully saturated rings. The van der Waals surface area contributed by atoms with Gasteiger partial charge >= 0.3 is 0 Å². The Kier molecular flexibility index (Phi) is 6.64. The molecule has 0 bridgehead atoms. The summed E-state index contributed by atoms with van der Waals surface area (Å²) in [7, 11) is 3.26. The van der Waals surface area contributed by atoms with Crippen LogP contribution < -0.4 is 0 Å². The van der Waals surface area contributed by atoms with Crippen molar-refractivity contribution in [1.82, 2.24) is 14.7 Å². The average molecular weight is 373 g/mol. The van der Waals surface area contributed by atoms with Gasteiger partial charge in [0.1, 0.15) is 5.41 Å². The summed E-state index contributed by atoms with van der Waals surface area (Å²) in [6.07, 6.45) is 5.13. The van der Waals surface area contributed by atoms with Crippen molar-refractivity contribution < 1.29 is 18.4 Å². The van der Waals surface area contributed by atoms with Gasteiger partial charge in [-0.15, -0.1) is 0 Å². The van der Waals surface area contributed by atoms with Crippen molar-refractivity contribution in [2.45, 2.75) is 64.3 Å². The van der Waals surface area contributed by atoms with E-state index in [4.69, 9.17) is 0 Å².